The lowest BCUT2D eigenvalue weighted by molar-refractivity contribution is 0.317. The molecule has 0 unspecified atom stereocenters. The van der Waals surface area contributed by atoms with Gasteiger partial charge in [0.05, 0.1) is 17.6 Å². The first-order chi connectivity index (χ1) is 8.38. The van der Waals surface area contributed by atoms with Crippen LogP contribution in [0.2, 0.25) is 0 Å². The summed E-state index contributed by atoms with van der Waals surface area (Å²) >= 11 is 0. The molecule has 0 bridgehead atoms. The molecule has 3 rings (SSSR count). The van der Waals surface area contributed by atoms with Crippen LogP contribution in [0.15, 0.2) is 24.3 Å². The van der Waals surface area contributed by atoms with E-state index in [1.165, 1.54) is 37.3 Å². The van der Waals surface area contributed by atoms with Crippen molar-refractivity contribution in [1.82, 2.24) is 14.5 Å². The minimum atomic E-state index is 0. The number of fused-ring (bicyclic) bond motifs is 1. The van der Waals surface area contributed by atoms with Crippen molar-refractivity contribution in [3.05, 3.63) is 30.1 Å². The van der Waals surface area contributed by atoms with Crippen LogP contribution in [0.3, 0.4) is 0 Å². The topological polar surface area (TPSA) is 21.1 Å². The molecule has 1 aliphatic heterocycles. The maximum Gasteiger partial charge on any atom is 0.124 e. The molecule has 2 heterocycles. The van der Waals surface area contributed by atoms with E-state index in [2.05, 4.69) is 40.7 Å². The summed E-state index contributed by atoms with van der Waals surface area (Å²) in [6, 6.07) is 8.43. The Kier molecular flexibility index (Phi) is 4.25. The van der Waals surface area contributed by atoms with Gasteiger partial charge in [-0.1, -0.05) is 12.1 Å². The second-order valence-electron chi connectivity index (χ2n) is 4.74. The van der Waals surface area contributed by atoms with E-state index in [0.717, 1.165) is 18.6 Å². The van der Waals surface area contributed by atoms with Gasteiger partial charge in [-0.2, -0.15) is 0 Å². The maximum absolute atomic E-state index is 4.77. The fourth-order valence-corrected chi connectivity index (χ4v) is 2.74. The average molecular weight is 266 g/mol. The van der Waals surface area contributed by atoms with Gasteiger partial charge in [-0.15, -0.1) is 12.4 Å². The number of aromatic nitrogens is 2. The summed E-state index contributed by atoms with van der Waals surface area (Å²) in [5.41, 5.74) is 2.40. The van der Waals surface area contributed by atoms with Gasteiger partial charge >= 0.3 is 0 Å². The molecular weight excluding hydrogens is 246 g/mol. The largest absolute Gasteiger partial charge is 0.327 e. The zero-order valence-electron chi connectivity index (χ0n) is 10.8. The van der Waals surface area contributed by atoms with Crippen molar-refractivity contribution in [3.63, 3.8) is 0 Å². The molecule has 0 amide bonds. The molecule has 4 heteroatoms. The van der Waals surface area contributed by atoms with Crippen LogP contribution in [-0.2, 0) is 13.1 Å². The molecule has 0 aliphatic carbocycles. The molecule has 1 saturated heterocycles. The molecule has 0 atom stereocenters. The van der Waals surface area contributed by atoms with Crippen LogP contribution in [0.25, 0.3) is 11.0 Å². The van der Waals surface area contributed by atoms with Gasteiger partial charge in [0.25, 0.3) is 0 Å². The number of hydrogen-bond donors (Lipinski definition) is 0. The van der Waals surface area contributed by atoms with Gasteiger partial charge in [-0.05, 0) is 45.0 Å². The highest BCUT2D eigenvalue weighted by Gasteiger charge is 2.16. The van der Waals surface area contributed by atoms with Crippen molar-refractivity contribution in [3.8, 4) is 0 Å². The standard InChI is InChI=1S/C14H19N3.ClH/c1-2-17-13-8-4-3-7-12(13)15-14(17)11-16-9-5-6-10-16;/h3-4,7-8H,2,5-6,9-11H2,1H3;1H. The third kappa shape index (κ3) is 2.38. The Morgan fingerprint density at radius 3 is 2.61 bits per heavy atom. The monoisotopic (exact) mass is 265 g/mol. The summed E-state index contributed by atoms with van der Waals surface area (Å²) in [7, 11) is 0. The molecular formula is C14H20ClN3. The van der Waals surface area contributed by atoms with Crippen LogP contribution in [-0.4, -0.2) is 27.5 Å². The molecule has 0 saturated carbocycles. The average Bonchev–Trinajstić information content (AvgIpc) is 2.96. The lowest BCUT2D eigenvalue weighted by Gasteiger charge is -2.14. The summed E-state index contributed by atoms with van der Waals surface area (Å²) in [6.45, 7) is 6.66. The van der Waals surface area contributed by atoms with E-state index >= 15 is 0 Å². The van der Waals surface area contributed by atoms with E-state index in [1.54, 1.807) is 0 Å². The smallest absolute Gasteiger partial charge is 0.124 e. The number of imidazole rings is 1. The highest BCUT2D eigenvalue weighted by Crippen LogP contribution is 2.18. The van der Waals surface area contributed by atoms with E-state index in [0.29, 0.717) is 0 Å². The van der Waals surface area contributed by atoms with Crippen molar-refractivity contribution in [1.29, 1.82) is 0 Å². The molecule has 1 aliphatic rings. The maximum atomic E-state index is 4.77. The number of nitrogens with zero attached hydrogens (tertiary/aromatic N) is 3. The summed E-state index contributed by atoms with van der Waals surface area (Å²) in [6.07, 6.45) is 2.68. The van der Waals surface area contributed by atoms with Crippen molar-refractivity contribution >= 4 is 23.4 Å². The number of rotatable bonds is 3. The number of likely N-dealkylation sites (tertiary alicyclic amines) is 1. The first-order valence-corrected chi connectivity index (χ1v) is 6.55. The second kappa shape index (κ2) is 5.72. The summed E-state index contributed by atoms with van der Waals surface area (Å²) in [5, 5.41) is 0. The third-order valence-corrected chi connectivity index (χ3v) is 3.61. The molecule has 1 aromatic carbocycles. The Hall–Kier alpha value is -1.06. The van der Waals surface area contributed by atoms with E-state index < -0.39 is 0 Å². The summed E-state index contributed by atoms with van der Waals surface area (Å²) in [5.74, 6) is 1.22. The Balaban J connectivity index is 0.00000120. The van der Waals surface area contributed by atoms with Crippen LogP contribution in [0.4, 0.5) is 0 Å². The molecule has 0 N–H and O–H groups in total. The molecule has 1 aromatic heterocycles. The summed E-state index contributed by atoms with van der Waals surface area (Å²) < 4.78 is 2.34. The normalized spacial score (nSPS) is 16.1. The van der Waals surface area contributed by atoms with Crippen molar-refractivity contribution < 1.29 is 0 Å². The van der Waals surface area contributed by atoms with Crippen LogP contribution in [0, 0.1) is 0 Å². The van der Waals surface area contributed by atoms with Gasteiger partial charge in [-0.3, -0.25) is 4.90 Å². The Morgan fingerprint density at radius 1 is 1.17 bits per heavy atom. The molecule has 1 fully saturated rings. The van der Waals surface area contributed by atoms with E-state index in [9.17, 15) is 0 Å². The number of benzene rings is 1. The van der Waals surface area contributed by atoms with Gasteiger partial charge < -0.3 is 4.57 Å². The van der Waals surface area contributed by atoms with Crippen molar-refractivity contribution in [2.75, 3.05) is 13.1 Å². The second-order valence-corrected chi connectivity index (χ2v) is 4.74. The van der Waals surface area contributed by atoms with E-state index in [-0.39, 0.29) is 12.4 Å². The van der Waals surface area contributed by atoms with Crippen molar-refractivity contribution in [2.24, 2.45) is 0 Å². The SMILES string of the molecule is CCn1c(CN2CCCC2)nc2ccccc21.Cl. The van der Waals surface area contributed by atoms with Crippen molar-refractivity contribution in [2.45, 2.75) is 32.9 Å². The van der Waals surface area contributed by atoms with Crippen LogP contribution in [0.1, 0.15) is 25.6 Å². The molecule has 98 valence electrons. The predicted molar refractivity (Wildman–Crippen MR) is 77.2 cm³/mol. The fourth-order valence-electron chi connectivity index (χ4n) is 2.74. The molecule has 18 heavy (non-hydrogen) atoms. The van der Waals surface area contributed by atoms with E-state index in [4.69, 9.17) is 4.98 Å². The van der Waals surface area contributed by atoms with Crippen LogP contribution >= 0.6 is 12.4 Å². The lowest BCUT2D eigenvalue weighted by atomic mass is 10.3. The molecule has 0 spiro atoms. The van der Waals surface area contributed by atoms with Gasteiger partial charge in [0.15, 0.2) is 0 Å². The highest BCUT2D eigenvalue weighted by atomic mass is 35.5. The minimum absolute atomic E-state index is 0. The molecule has 2 aromatic rings. The minimum Gasteiger partial charge on any atom is -0.327 e. The number of aryl methyl sites for hydroxylation is 1. The first kappa shape index (κ1) is 13.4. The van der Waals surface area contributed by atoms with Gasteiger partial charge in [0.2, 0.25) is 0 Å². The van der Waals surface area contributed by atoms with Crippen LogP contribution in [0.5, 0.6) is 0 Å². The van der Waals surface area contributed by atoms with Gasteiger partial charge in [0.1, 0.15) is 5.82 Å². The quantitative estimate of drug-likeness (QED) is 0.851. The summed E-state index contributed by atoms with van der Waals surface area (Å²) in [4.78, 5) is 7.28. The third-order valence-electron chi connectivity index (χ3n) is 3.61. The first-order valence-electron chi connectivity index (χ1n) is 6.55. The lowest BCUT2D eigenvalue weighted by Crippen LogP contribution is -2.21. The number of halogens is 1. The zero-order valence-corrected chi connectivity index (χ0v) is 11.6. The number of hydrogen-bond acceptors (Lipinski definition) is 2. The van der Waals surface area contributed by atoms with E-state index in [1.807, 2.05) is 0 Å². The molecule has 0 radical (unpaired) electrons. The molecule has 3 nitrogen and oxygen atoms in total. The Morgan fingerprint density at radius 2 is 1.89 bits per heavy atom. The van der Waals surface area contributed by atoms with Crippen LogP contribution < -0.4 is 0 Å². The van der Waals surface area contributed by atoms with Gasteiger partial charge in [-0.25, -0.2) is 4.98 Å². The predicted octanol–water partition coefficient (Wildman–Crippen LogP) is 3.07. The highest BCUT2D eigenvalue weighted by molar-refractivity contribution is 5.85. The fraction of sp³-hybridized carbons (Fsp3) is 0.500. The number of para-hydroxylation sites is 2. The Bertz CT molecular complexity index is 515. The zero-order chi connectivity index (χ0) is 11.7. The van der Waals surface area contributed by atoms with Gasteiger partial charge in [0, 0.05) is 6.54 Å². The Labute approximate surface area is 114 Å².